The standard InChI is InChI=1S/C14H24N2O3/c1-19-14(18)12-6-13(17)16(9-12)8-11-4-2-3-10(5-11)7-15/h10-12H,2-9,15H2,1H3/t10-,11+,12?/m1/s1. The molecular weight excluding hydrogens is 244 g/mol. The summed E-state index contributed by atoms with van der Waals surface area (Å²) in [5.41, 5.74) is 5.74. The number of carbonyl (C=O) groups excluding carboxylic acids is 2. The third-order valence-corrected chi connectivity index (χ3v) is 4.45. The second-order valence-electron chi connectivity index (χ2n) is 5.86. The van der Waals surface area contributed by atoms with Crippen LogP contribution in [0.5, 0.6) is 0 Å². The Balaban J connectivity index is 1.85. The van der Waals surface area contributed by atoms with Gasteiger partial charge in [0.15, 0.2) is 0 Å². The zero-order valence-corrected chi connectivity index (χ0v) is 11.6. The first-order valence-electron chi connectivity index (χ1n) is 7.19. The molecule has 1 saturated heterocycles. The minimum atomic E-state index is -0.272. The number of hydrogen-bond donors (Lipinski definition) is 1. The molecule has 0 radical (unpaired) electrons. The molecule has 2 N–H and O–H groups in total. The molecule has 0 aromatic carbocycles. The maximum Gasteiger partial charge on any atom is 0.310 e. The van der Waals surface area contributed by atoms with E-state index in [4.69, 9.17) is 10.5 Å². The van der Waals surface area contributed by atoms with Crippen molar-refractivity contribution in [2.75, 3.05) is 26.7 Å². The topological polar surface area (TPSA) is 72.6 Å². The highest BCUT2D eigenvalue weighted by Gasteiger charge is 2.36. The monoisotopic (exact) mass is 268 g/mol. The van der Waals surface area contributed by atoms with Gasteiger partial charge in [-0.05, 0) is 37.6 Å². The number of nitrogens with zero attached hydrogens (tertiary/aromatic N) is 1. The average molecular weight is 268 g/mol. The molecule has 2 rings (SSSR count). The van der Waals surface area contributed by atoms with Crippen molar-refractivity contribution in [2.24, 2.45) is 23.5 Å². The van der Waals surface area contributed by atoms with Gasteiger partial charge in [-0.15, -0.1) is 0 Å². The van der Waals surface area contributed by atoms with Crippen molar-refractivity contribution in [3.63, 3.8) is 0 Å². The van der Waals surface area contributed by atoms with Crippen molar-refractivity contribution < 1.29 is 14.3 Å². The molecule has 1 amide bonds. The van der Waals surface area contributed by atoms with Crippen molar-refractivity contribution in [1.82, 2.24) is 4.90 Å². The van der Waals surface area contributed by atoms with Gasteiger partial charge in [0, 0.05) is 19.5 Å². The summed E-state index contributed by atoms with van der Waals surface area (Å²) in [6.07, 6.45) is 5.01. The van der Waals surface area contributed by atoms with Crippen molar-refractivity contribution in [2.45, 2.75) is 32.1 Å². The number of ether oxygens (including phenoxy) is 1. The Kier molecular flexibility index (Phi) is 4.80. The Morgan fingerprint density at radius 3 is 2.84 bits per heavy atom. The van der Waals surface area contributed by atoms with E-state index in [0.717, 1.165) is 19.5 Å². The molecule has 2 fully saturated rings. The second kappa shape index (κ2) is 6.37. The van der Waals surface area contributed by atoms with Gasteiger partial charge >= 0.3 is 5.97 Å². The summed E-state index contributed by atoms with van der Waals surface area (Å²) in [6.45, 7) is 2.05. The fraction of sp³-hybridized carbons (Fsp3) is 0.857. The van der Waals surface area contributed by atoms with Crippen molar-refractivity contribution in [1.29, 1.82) is 0 Å². The fourth-order valence-corrected chi connectivity index (χ4v) is 3.37. The minimum Gasteiger partial charge on any atom is -0.469 e. The normalized spacial score (nSPS) is 31.6. The molecule has 2 aliphatic rings. The van der Waals surface area contributed by atoms with E-state index in [1.165, 1.54) is 26.4 Å². The molecule has 0 aromatic heterocycles. The smallest absolute Gasteiger partial charge is 0.310 e. The van der Waals surface area contributed by atoms with Crippen LogP contribution in [-0.4, -0.2) is 43.5 Å². The van der Waals surface area contributed by atoms with E-state index in [-0.39, 0.29) is 17.8 Å². The van der Waals surface area contributed by atoms with Gasteiger partial charge in [0.2, 0.25) is 5.91 Å². The summed E-state index contributed by atoms with van der Waals surface area (Å²) >= 11 is 0. The number of methoxy groups -OCH3 is 1. The van der Waals surface area contributed by atoms with E-state index >= 15 is 0 Å². The van der Waals surface area contributed by atoms with Gasteiger partial charge in [0.05, 0.1) is 13.0 Å². The van der Waals surface area contributed by atoms with Gasteiger partial charge in [-0.3, -0.25) is 9.59 Å². The molecule has 0 aromatic rings. The minimum absolute atomic E-state index is 0.0882. The molecule has 1 unspecified atom stereocenters. The highest BCUT2D eigenvalue weighted by molar-refractivity contribution is 5.86. The van der Waals surface area contributed by atoms with Gasteiger partial charge in [0.1, 0.15) is 0 Å². The third-order valence-electron chi connectivity index (χ3n) is 4.45. The number of rotatable bonds is 4. The summed E-state index contributed by atoms with van der Waals surface area (Å²) in [5, 5.41) is 0. The van der Waals surface area contributed by atoms with Crippen LogP contribution in [0.4, 0.5) is 0 Å². The third kappa shape index (κ3) is 3.47. The number of likely N-dealkylation sites (tertiary alicyclic amines) is 1. The molecule has 108 valence electrons. The molecule has 3 atom stereocenters. The van der Waals surface area contributed by atoms with Crippen LogP contribution in [0.3, 0.4) is 0 Å². The first kappa shape index (κ1) is 14.3. The van der Waals surface area contributed by atoms with E-state index in [2.05, 4.69) is 0 Å². The van der Waals surface area contributed by atoms with Crippen LogP contribution >= 0.6 is 0 Å². The lowest BCUT2D eigenvalue weighted by Gasteiger charge is -2.31. The van der Waals surface area contributed by atoms with Crippen LogP contribution in [0.15, 0.2) is 0 Å². The van der Waals surface area contributed by atoms with Gasteiger partial charge in [-0.1, -0.05) is 6.42 Å². The van der Waals surface area contributed by atoms with Gasteiger partial charge in [-0.25, -0.2) is 0 Å². The van der Waals surface area contributed by atoms with Crippen LogP contribution in [0.2, 0.25) is 0 Å². The average Bonchev–Trinajstić information content (AvgIpc) is 2.79. The first-order chi connectivity index (χ1) is 9.13. The summed E-state index contributed by atoms with van der Waals surface area (Å²) in [7, 11) is 1.38. The lowest BCUT2D eigenvalue weighted by atomic mass is 9.81. The molecule has 0 spiro atoms. The highest BCUT2D eigenvalue weighted by atomic mass is 16.5. The summed E-state index contributed by atoms with van der Waals surface area (Å²) in [5.74, 6) is 0.700. The fourth-order valence-electron chi connectivity index (χ4n) is 3.37. The Hall–Kier alpha value is -1.10. The number of amides is 1. The van der Waals surface area contributed by atoms with Crippen molar-refractivity contribution in [3.05, 3.63) is 0 Å². The first-order valence-corrected chi connectivity index (χ1v) is 7.19. The quantitative estimate of drug-likeness (QED) is 0.764. The molecule has 1 saturated carbocycles. The molecular formula is C14H24N2O3. The number of esters is 1. The summed E-state index contributed by atoms with van der Waals surface area (Å²) in [6, 6.07) is 0. The van der Waals surface area contributed by atoms with E-state index in [1.54, 1.807) is 0 Å². The zero-order valence-electron chi connectivity index (χ0n) is 11.6. The van der Waals surface area contributed by atoms with E-state index in [1.807, 2.05) is 4.90 Å². The molecule has 5 nitrogen and oxygen atoms in total. The van der Waals surface area contributed by atoms with E-state index < -0.39 is 0 Å². The van der Waals surface area contributed by atoms with E-state index in [0.29, 0.717) is 24.8 Å². The molecule has 1 heterocycles. The molecule has 1 aliphatic heterocycles. The Morgan fingerprint density at radius 2 is 2.16 bits per heavy atom. The highest BCUT2D eigenvalue weighted by Crippen LogP contribution is 2.30. The molecule has 1 aliphatic carbocycles. The van der Waals surface area contributed by atoms with Crippen LogP contribution in [0.25, 0.3) is 0 Å². The molecule has 0 bridgehead atoms. The van der Waals surface area contributed by atoms with Gasteiger partial charge in [0.25, 0.3) is 0 Å². The molecule has 5 heteroatoms. The largest absolute Gasteiger partial charge is 0.469 e. The molecule has 19 heavy (non-hydrogen) atoms. The lowest BCUT2D eigenvalue weighted by Crippen LogP contribution is -2.35. The Labute approximate surface area is 114 Å². The lowest BCUT2D eigenvalue weighted by molar-refractivity contribution is -0.145. The number of nitrogens with two attached hydrogens (primary N) is 1. The maximum atomic E-state index is 11.9. The predicted octanol–water partition coefficient (Wildman–Crippen LogP) is 0.773. The summed E-state index contributed by atoms with van der Waals surface area (Å²) in [4.78, 5) is 25.2. The summed E-state index contributed by atoms with van der Waals surface area (Å²) < 4.78 is 4.72. The SMILES string of the molecule is COC(=O)C1CC(=O)N(C[C@H]2CCC[C@@H](CN)C2)C1. The van der Waals surface area contributed by atoms with Gasteiger partial charge in [-0.2, -0.15) is 0 Å². The zero-order chi connectivity index (χ0) is 13.8. The van der Waals surface area contributed by atoms with Crippen LogP contribution in [0.1, 0.15) is 32.1 Å². The predicted molar refractivity (Wildman–Crippen MR) is 71.2 cm³/mol. The van der Waals surface area contributed by atoms with Crippen molar-refractivity contribution in [3.8, 4) is 0 Å². The van der Waals surface area contributed by atoms with Gasteiger partial charge < -0.3 is 15.4 Å². The van der Waals surface area contributed by atoms with Crippen LogP contribution in [0, 0.1) is 17.8 Å². The van der Waals surface area contributed by atoms with Crippen LogP contribution < -0.4 is 5.73 Å². The Bertz CT molecular complexity index is 346. The maximum absolute atomic E-state index is 11.9. The van der Waals surface area contributed by atoms with Crippen LogP contribution in [-0.2, 0) is 14.3 Å². The second-order valence-corrected chi connectivity index (χ2v) is 5.86. The Morgan fingerprint density at radius 1 is 1.42 bits per heavy atom. The number of carbonyl (C=O) groups is 2. The van der Waals surface area contributed by atoms with E-state index in [9.17, 15) is 9.59 Å². The van der Waals surface area contributed by atoms with Crippen molar-refractivity contribution >= 4 is 11.9 Å². The number of hydrogen-bond acceptors (Lipinski definition) is 4.